The molecule has 2 aromatic carbocycles. The minimum Gasteiger partial charge on any atom is -0.338 e. The second-order valence-corrected chi connectivity index (χ2v) is 7.97. The number of benzene rings is 2. The molecule has 0 spiro atoms. The first kappa shape index (κ1) is 15.7. The van der Waals surface area contributed by atoms with E-state index >= 15 is 0 Å². The van der Waals surface area contributed by atoms with Gasteiger partial charge in [0.15, 0.2) is 0 Å². The van der Waals surface area contributed by atoms with Gasteiger partial charge in [0.1, 0.15) is 5.82 Å². The fourth-order valence-electron chi connectivity index (χ4n) is 2.98. The monoisotopic (exact) mass is 354 g/mol. The van der Waals surface area contributed by atoms with Crippen LogP contribution in [0, 0.1) is 6.92 Å². The average molecular weight is 354 g/mol. The zero-order valence-corrected chi connectivity index (χ0v) is 14.8. The number of fused-ring (bicyclic) bond motifs is 2. The lowest BCUT2D eigenvalue weighted by Gasteiger charge is -2.24. The Morgan fingerprint density at radius 2 is 1.80 bits per heavy atom. The third-order valence-electron chi connectivity index (χ3n) is 4.36. The van der Waals surface area contributed by atoms with Crippen molar-refractivity contribution in [2.24, 2.45) is 7.05 Å². The number of aromatic nitrogens is 2. The summed E-state index contributed by atoms with van der Waals surface area (Å²) in [6.45, 7) is 2.16. The number of sulfonamides is 1. The van der Waals surface area contributed by atoms with E-state index in [-0.39, 0.29) is 11.4 Å². The van der Waals surface area contributed by atoms with Crippen molar-refractivity contribution in [2.75, 3.05) is 9.62 Å². The number of nitrogens with one attached hydrogen (secondary N) is 1. The van der Waals surface area contributed by atoms with E-state index in [0.29, 0.717) is 5.69 Å². The van der Waals surface area contributed by atoms with E-state index in [1.54, 1.807) is 23.0 Å². The van der Waals surface area contributed by atoms with Crippen LogP contribution in [0.15, 0.2) is 59.6 Å². The van der Waals surface area contributed by atoms with Crippen LogP contribution < -0.4 is 9.62 Å². The molecule has 7 heteroatoms. The molecular weight excluding hydrogens is 336 g/mol. The highest BCUT2D eigenvalue weighted by molar-refractivity contribution is 7.92. The first-order valence-electron chi connectivity index (χ1n) is 7.93. The molecular formula is C18H18N4O2S. The maximum atomic E-state index is 13.3. The summed E-state index contributed by atoms with van der Waals surface area (Å²) >= 11 is 0. The standard InChI is InChI=1S/C18H18N4O2S/c1-13-7-9-15(10-8-13)25(23,24)22-12-14-11-19-21(2)18(14)20-16-5-3-4-6-17(16)22/h3-11,20H,12H2,1-2H3. The van der Waals surface area contributed by atoms with E-state index < -0.39 is 10.0 Å². The summed E-state index contributed by atoms with van der Waals surface area (Å²) in [5.41, 5.74) is 3.21. The third kappa shape index (κ3) is 2.56. The Bertz CT molecular complexity index is 1040. The molecule has 0 fully saturated rings. The van der Waals surface area contributed by atoms with E-state index in [1.165, 1.54) is 4.31 Å². The van der Waals surface area contributed by atoms with Gasteiger partial charge in [-0.05, 0) is 31.2 Å². The predicted octanol–water partition coefficient (Wildman–Crippen LogP) is 3.18. The zero-order chi connectivity index (χ0) is 17.6. The Morgan fingerprint density at radius 1 is 1.08 bits per heavy atom. The Labute approximate surface area is 146 Å². The summed E-state index contributed by atoms with van der Waals surface area (Å²) in [4.78, 5) is 0.278. The largest absolute Gasteiger partial charge is 0.338 e. The molecule has 1 aliphatic heterocycles. The van der Waals surface area contributed by atoms with Crippen molar-refractivity contribution < 1.29 is 8.42 Å². The lowest BCUT2D eigenvalue weighted by atomic mass is 10.2. The quantitative estimate of drug-likeness (QED) is 0.767. The van der Waals surface area contributed by atoms with Crippen LogP contribution >= 0.6 is 0 Å². The van der Waals surface area contributed by atoms with Gasteiger partial charge in [0.05, 0.1) is 29.0 Å². The molecule has 2 heterocycles. The van der Waals surface area contributed by atoms with Gasteiger partial charge in [-0.2, -0.15) is 5.10 Å². The molecule has 0 unspecified atom stereocenters. The smallest absolute Gasteiger partial charge is 0.264 e. The van der Waals surface area contributed by atoms with Crippen molar-refractivity contribution in [3.05, 3.63) is 65.9 Å². The van der Waals surface area contributed by atoms with Crippen LogP contribution in [0.5, 0.6) is 0 Å². The number of nitrogens with zero attached hydrogens (tertiary/aromatic N) is 3. The topological polar surface area (TPSA) is 67.2 Å². The molecule has 1 aliphatic rings. The fraction of sp³-hybridized carbons (Fsp3) is 0.167. The van der Waals surface area contributed by atoms with Gasteiger partial charge in [-0.1, -0.05) is 29.8 Å². The van der Waals surface area contributed by atoms with Gasteiger partial charge in [0.25, 0.3) is 10.0 Å². The lowest BCUT2D eigenvalue weighted by Crippen LogP contribution is -2.30. The number of hydrogen-bond donors (Lipinski definition) is 1. The molecule has 6 nitrogen and oxygen atoms in total. The number of anilines is 3. The predicted molar refractivity (Wildman–Crippen MR) is 97.5 cm³/mol. The summed E-state index contributed by atoms with van der Waals surface area (Å²) in [6.07, 6.45) is 1.70. The van der Waals surface area contributed by atoms with Gasteiger partial charge in [0.2, 0.25) is 0 Å². The van der Waals surface area contributed by atoms with Gasteiger partial charge in [-0.25, -0.2) is 8.42 Å². The van der Waals surface area contributed by atoms with E-state index in [1.807, 2.05) is 50.4 Å². The first-order valence-corrected chi connectivity index (χ1v) is 9.37. The van der Waals surface area contributed by atoms with Crippen LogP contribution in [0.4, 0.5) is 17.2 Å². The highest BCUT2D eigenvalue weighted by atomic mass is 32.2. The van der Waals surface area contributed by atoms with Crippen molar-refractivity contribution in [1.82, 2.24) is 9.78 Å². The van der Waals surface area contributed by atoms with Gasteiger partial charge in [-0.3, -0.25) is 8.99 Å². The molecule has 0 amide bonds. The SMILES string of the molecule is Cc1ccc(S(=O)(=O)N2Cc3cnn(C)c3Nc3ccccc32)cc1. The summed E-state index contributed by atoms with van der Waals surface area (Å²) in [5.74, 6) is 0.800. The van der Waals surface area contributed by atoms with Gasteiger partial charge >= 0.3 is 0 Å². The van der Waals surface area contributed by atoms with Crippen LogP contribution in [-0.4, -0.2) is 18.2 Å². The van der Waals surface area contributed by atoms with Gasteiger partial charge < -0.3 is 5.32 Å². The van der Waals surface area contributed by atoms with E-state index in [2.05, 4.69) is 10.4 Å². The Balaban J connectivity index is 1.89. The van der Waals surface area contributed by atoms with Crippen LogP contribution in [0.2, 0.25) is 0 Å². The Hall–Kier alpha value is -2.80. The summed E-state index contributed by atoms with van der Waals surface area (Å²) in [7, 11) is -1.86. The van der Waals surface area contributed by atoms with Crippen LogP contribution in [0.1, 0.15) is 11.1 Å². The van der Waals surface area contributed by atoms with Crippen LogP contribution in [-0.2, 0) is 23.6 Å². The van der Waals surface area contributed by atoms with Crippen molar-refractivity contribution in [1.29, 1.82) is 0 Å². The third-order valence-corrected chi connectivity index (χ3v) is 6.14. The fourth-order valence-corrected chi connectivity index (χ4v) is 4.44. The molecule has 3 aromatic rings. The number of para-hydroxylation sites is 2. The Kier molecular flexibility index (Phi) is 3.54. The molecule has 0 saturated heterocycles. The second kappa shape index (κ2) is 5.63. The molecule has 0 radical (unpaired) electrons. The van der Waals surface area contributed by atoms with Crippen LogP contribution in [0.25, 0.3) is 0 Å². The summed E-state index contributed by atoms with van der Waals surface area (Å²) in [6, 6.07) is 14.3. The average Bonchev–Trinajstić information content (AvgIpc) is 2.85. The summed E-state index contributed by atoms with van der Waals surface area (Å²) < 4.78 is 29.8. The second-order valence-electron chi connectivity index (χ2n) is 6.11. The number of hydrogen-bond acceptors (Lipinski definition) is 4. The molecule has 0 atom stereocenters. The molecule has 0 aliphatic carbocycles. The first-order chi connectivity index (χ1) is 12.0. The maximum Gasteiger partial charge on any atom is 0.264 e. The molecule has 1 aromatic heterocycles. The zero-order valence-electron chi connectivity index (χ0n) is 14.0. The van der Waals surface area contributed by atoms with E-state index in [9.17, 15) is 8.42 Å². The summed E-state index contributed by atoms with van der Waals surface area (Å²) in [5, 5.41) is 7.55. The van der Waals surface area contributed by atoms with Gasteiger partial charge in [0, 0.05) is 12.6 Å². The molecule has 0 bridgehead atoms. The van der Waals surface area contributed by atoms with Crippen LogP contribution in [0.3, 0.4) is 0 Å². The van der Waals surface area contributed by atoms with Gasteiger partial charge in [-0.15, -0.1) is 0 Å². The van der Waals surface area contributed by atoms with Crippen molar-refractivity contribution >= 4 is 27.2 Å². The molecule has 25 heavy (non-hydrogen) atoms. The maximum absolute atomic E-state index is 13.3. The lowest BCUT2D eigenvalue weighted by molar-refractivity contribution is 0.590. The minimum atomic E-state index is -3.69. The number of aryl methyl sites for hydroxylation is 2. The molecule has 128 valence electrons. The van der Waals surface area contributed by atoms with E-state index in [4.69, 9.17) is 0 Å². The molecule has 4 rings (SSSR count). The molecule has 1 N–H and O–H groups in total. The highest BCUT2D eigenvalue weighted by Crippen LogP contribution is 2.38. The van der Waals surface area contributed by atoms with Crippen molar-refractivity contribution in [3.8, 4) is 0 Å². The van der Waals surface area contributed by atoms with Crippen molar-refractivity contribution in [2.45, 2.75) is 18.4 Å². The highest BCUT2D eigenvalue weighted by Gasteiger charge is 2.31. The van der Waals surface area contributed by atoms with E-state index in [0.717, 1.165) is 22.6 Å². The number of rotatable bonds is 2. The van der Waals surface area contributed by atoms with Crippen molar-refractivity contribution in [3.63, 3.8) is 0 Å². The minimum absolute atomic E-state index is 0.226. The molecule has 0 saturated carbocycles. The Morgan fingerprint density at radius 3 is 2.56 bits per heavy atom. The normalized spacial score (nSPS) is 13.6.